The van der Waals surface area contributed by atoms with Crippen molar-refractivity contribution in [3.8, 4) is 5.75 Å². The third-order valence-electron chi connectivity index (χ3n) is 6.86. The van der Waals surface area contributed by atoms with Crippen LogP contribution in [-0.2, 0) is 17.8 Å². The van der Waals surface area contributed by atoms with Gasteiger partial charge in [-0.1, -0.05) is 24.3 Å². The van der Waals surface area contributed by atoms with Crippen LogP contribution in [0.25, 0.3) is 0 Å². The number of halogens is 2. The number of methoxy groups -OCH3 is 1. The quantitative estimate of drug-likeness (QED) is 0.617. The molecule has 1 N–H and O–H groups in total. The number of benzene rings is 3. The average Bonchev–Trinajstić information content (AvgIpc) is 2.87. The molecule has 5 rings (SSSR count). The summed E-state index contributed by atoms with van der Waals surface area (Å²) in [5, 5.41) is 2.96. The molecule has 176 valence electrons. The number of carbonyl (C=O) groups is 1. The number of hydrogen-bond donors (Lipinski definition) is 1. The monoisotopic (exact) mass is 463 g/mol. The summed E-state index contributed by atoms with van der Waals surface area (Å²) in [6, 6.07) is 18.8. The molecule has 2 atom stereocenters. The Labute approximate surface area is 197 Å². The number of carbonyl (C=O) groups excluding carboxylic acids is 1. The summed E-state index contributed by atoms with van der Waals surface area (Å²) in [6.45, 7) is 2.24. The van der Waals surface area contributed by atoms with Crippen LogP contribution >= 0.6 is 0 Å². The number of piperazine rings is 1. The van der Waals surface area contributed by atoms with Crippen LogP contribution in [0.5, 0.6) is 5.75 Å². The summed E-state index contributed by atoms with van der Waals surface area (Å²) in [5.41, 5.74) is 3.58. The maximum Gasteiger partial charge on any atom is 0.225 e. The van der Waals surface area contributed by atoms with Gasteiger partial charge in [0.1, 0.15) is 17.4 Å². The highest BCUT2D eigenvalue weighted by Crippen LogP contribution is 2.39. The molecule has 5 nitrogen and oxygen atoms in total. The van der Waals surface area contributed by atoms with Crippen LogP contribution in [0.4, 0.5) is 20.2 Å². The summed E-state index contributed by atoms with van der Waals surface area (Å²) in [7, 11) is 1.65. The van der Waals surface area contributed by atoms with Crippen LogP contribution in [0, 0.1) is 17.6 Å². The summed E-state index contributed by atoms with van der Waals surface area (Å²) < 4.78 is 33.0. The van der Waals surface area contributed by atoms with Crippen molar-refractivity contribution >= 4 is 17.3 Å². The van der Waals surface area contributed by atoms with Gasteiger partial charge in [0.15, 0.2) is 0 Å². The molecule has 0 saturated carbocycles. The van der Waals surface area contributed by atoms with E-state index < -0.39 is 0 Å². The van der Waals surface area contributed by atoms with Gasteiger partial charge in [-0.3, -0.25) is 4.79 Å². The minimum atomic E-state index is -0.328. The largest absolute Gasteiger partial charge is 0.497 e. The van der Waals surface area contributed by atoms with Gasteiger partial charge in [-0.15, -0.1) is 0 Å². The van der Waals surface area contributed by atoms with E-state index in [1.807, 2.05) is 18.2 Å². The number of anilines is 2. The van der Waals surface area contributed by atoms with Gasteiger partial charge in [-0.2, -0.15) is 0 Å². The standard InChI is InChI=1S/C27H27F2N3O2/c1-34-22-11-6-18-14-23(27(33)30-16-19-4-2-3-5-24(19)29)26-17-31(12-13-32(26)25(18)15-22)21-9-7-20(28)8-10-21/h2-11,15,23,26H,12-14,16-17H2,1H3,(H,30,33)/t23-,26-/m1/s1. The zero-order valence-corrected chi connectivity index (χ0v) is 19.0. The zero-order valence-electron chi connectivity index (χ0n) is 19.0. The molecule has 0 aromatic heterocycles. The van der Waals surface area contributed by atoms with Crippen molar-refractivity contribution in [2.75, 3.05) is 36.5 Å². The Hall–Kier alpha value is -3.61. The summed E-state index contributed by atoms with van der Waals surface area (Å²) >= 11 is 0. The Balaban J connectivity index is 1.42. The molecule has 3 aromatic rings. The van der Waals surface area contributed by atoms with Crippen LogP contribution in [-0.4, -0.2) is 38.7 Å². The van der Waals surface area contributed by atoms with Crippen LogP contribution in [0.2, 0.25) is 0 Å². The fourth-order valence-corrected chi connectivity index (χ4v) is 5.05. The summed E-state index contributed by atoms with van der Waals surface area (Å²) in [6.07, 6.45) is 0.584. The second-order valence-electron chi connectivity index (χ2n) is 8.80. The molecule has 1 saturated heterocycles. The van der Waals surface area contributed by atoms with Gasteiger partial charge in [0.2, 0.25) is 5.91 Å². The van der Waals surface area contributed by atoms with E-state index in [0.29, 0.717) is 18.5 Å². The highest BCUT2D eigenvalue weighted by Gasteiger charge is 2.41. The van der Waals surface area contributed by atoms with E-state index in [1.54, 1.807) is 37.4 Å². The van der Waals surface area contributed by atoms with Gasteiger partial charge in [-0.25, -0.2) is 8.78 Å². The Bertz CT molecular complexity index is 1180. The van der Waals surface area contributed by atoms with Gasteiger partial charge in [0.25, 0.3) is 0 Å². The molecule has 2 aliphatic heterocycles. The van der Waals surface area contributed by atoms with Crippen molar-refractivity contribution in [2.24, 2.45) is 5.92 Å². The van der Waals surface area contributed by atoms with Gasteiger partial charge >= 0.3 is 0 Å². The molecule has 2 heterocycles. The molecular formula is C27H27F2N3O2. The minimum Gasteiger partial charge on any atom is -0.497 e. The Morgan fingerprint density at radius 3 is 2.62 bits per heavy atom. The predicted octanol–water partition coefficient (Wildman–Crippen LogP) is 4.16. The van der Waals surface area contributed by atoms with Crippen molar-refractivity contribution in [3.63, 3.8) is 0 Å². The third-order valence-corrected chi connectivity index (χ3v) is 6.86. The van der Waals surface area contributed by atoms with E-state index in [2.05, 4.69) is 15.1 Å². The molecule has 0 aliphatic carbocycles. The first-order valence-electron chi connectivity index (χ1n) is 11.5. The molecule has 34 heavy (non-hydrogen) atoms. The normalized spacial score (nSPS) is 19.3. The summed E-state index contributed by atoms with van der Waals surface area (Å²) in [5.74, 6) is -0.227. The van der Waals surface area contributed by atoms with Crippen LogP contribution < -0.4 is 19.9 Å². The molecule has 2 aliphatic rings. The van der Waals surface area contributed by atoms with Gasteiger partial charge < -0.3 is 19.9 Å². The Morgan fingerprint density at radius 1 is 1.06 bits per heavy atom. The smallest absolute Gasteiger partial charge is 0.225 e. The molecule has 1 fully saturated rings. The molecule has 0 bridgehead atoms. The van der Waals surface area contributed by atoms with E-state index in [-0.39, 0.29) is 36.0 Å². The zero-order chi connectivity index (χ0) is 23.7. The molecule has 7 heteroatoms. The number of rotatable bonds is 5. The van der Waals surface area contributed by atoms with Crippen molar-refractivity contribution in [1.82, 2.24) is 5.32 Å². The molecule has 3 aromatic carbocycles. The SMILES string of the molecule is COc1ccc2c(c1)N1CCN(c3ccc(F)cc3)C[C@@H]1[C@H](C(=O)NCc1ccccc1F)C2. The second-order valence-corrected chi connectivity index (χ2v) is 8.80. The molecular weight excluding hydrogens is 436 g/mol. The molecule has 0 radical (unpaired) electrons. The number of ether oxygens (including phenoxy) is 1. The number of nitrogens with zero attached hydrogens (tertiary/aromatic N) is 2. The van der Waals surface area contributed by atoms with Gasteiger partial charge in [-0.05, 0) is 48.4 Å². The first kappa shape index (κ1) is 22.2. The first-order chi connectivity index (χ1) is 16.5. The molecule has 0 spiro atoms. The van der Waals surface area contributed by atoms with Gasteiger partial charge in [0.05, 0.1) is 19.1 Å². The number of hydrogen-bond acceptors (Lipinski definition) is 4. The maximum atomic E-state index is 14.1. The van der Waals surface area contributed by atoms with Crippen molar-refractivity contribution in [1.29, 1.82) is 0 Å². The van der Waals surface area contributed by atoms with Crippen molar-refractivity contribution in [2.45, 2.75) is 19.0 Å². The molecule has 1 amide bonds. The molecule has 0 unspecified atom stereocenters. The van der Waals surface area contributed by atoms with Crippen molar-refractivity contribution in [3.05, 3.63) is 89.5 Å². The summed E-state index contributed by atoms with van der Waals surface area (Å²) in [4.78, 5) is 17.9. The number of fused-ring (bicyclic) bond motifs is 3. The lowest BCUT2D eigenvalue weighted by Crippen LogP contribution is -2.61. The first-order valence-corrected chi connectivity index (χ1v) is 11.5. The van der Waals surface area contributed by atoms with Crippen molar-refractivity contribution < 1.29 is 18.3 Å². The minimum absolute atomic E-state index is 0.0842. The fraction of sp³-hybridized carbons (Fsp3) is 0.296. The number of amides is 1. The average molecular weight is 464 g/mol. The maximum absolute atomic E-state index is 14.1. The van der Waals surface area contributed by atoms with E-state index in [1.165, 1.54) is 18.2 Å². The Morgan fingerprint density at radius 2 is 1.85 bits per heavy atom. The second kappa shape index (κ2) is 9.33. The van der Waals surface area contributed by atoms with E-state index in [9.17, 15) is 13.6 Å². The lowest BCUT2D eigenvalue weighted by atomic mass is 9.83. The van der Waals surface area contributed by atoms with Crippen LogP contribution in [0.1, 0.15) is 11.1 Å². The highest BCUT2D eigenvalue weighted by molar-refractivity contribution is 5.82. The fourth-order valence-electron chi connectivity index (χ4n) is 5.05. The lowest BCUT2D eigenvalue weighted by Gasteiger charge is -2.49. The van der Waals surface area contributed by atoms with Crippen LogP contribution in [0.15, 0.2) is 66.7 Å². The Kier molecular flexibility index (Phi) is 6.09. The number of nitrogens with one attached hydrogen (secondary N) is 1. The van der Waals surface area contributed by atoms with E-state index >= 15 is 0 Å². The lowest BCUT2D eigenvalue weighted by molar-refractivity contribution is -0.126. The topological polar surface area (TPSA) is 44.8 Å². The highest BCUT2D eigenvalue weighted by atomic mass is 19.1. The third kappa shape index (κ3) is 4.30. The van der Waals surface area contributed by atoms with Gasteiger partial charge in [0, 0.05) is 49.2 Å². The van der Waals surface area contributed by atoms with Crippen LogP contribution in [0.3, 0.4) is 0 Å². The predicted molar refractivity (Wildman–Crippen MR) is 128 cm³/mol. The van der Waals surface area contributed by atoms with E-state index in [0.717, 1.165) is 35.8 Å². The van der Waals surface area contributed by atoms with E-state index in [4.69, 9.17) is 4.74 Å².